The highest BCUT2D eigenvalue weighted by molar-refractivity contribution is 9.11. The molecule has 1 aromatic heterocycles. The average Bonchev–Trinajstić information content (AvgIpc) is 2.92. The molecule has 0 aliphatic heterocycles. The highest BCUT2D eigenvalue weighted by Gasteiger charge is 2.15. The number of halogens is 4. The molecule has 0 aliphatic carbocycles. The number of rotatable bonds is 2. The molecule has 3 aromatic carbocycles. The summed E-state index contributed by atoms with van der Waals surface area (Å²) in [5, 5.41) is 0. The number of hydrogen-bond donors (Lipinski definition) is 0. The van der Waals surface area contributed by atoms with Gasteiger partial charge in [-0.15, -0.1) is 0 Å². The van der Waals surface area contributed by atoms with E-state index >= 15 is 0 Å². The number of benzene rings is 3. The quantitative estimate of drug-likeness (QED) is 0.235. The summed E-state index contributed by atoms with van der Waals surface area (Å²) in [4.78, 5) is 4.89. The molecule has 1 heterocycles. The number of fused-ring (bicyclic) bond motifs is 1. The van der Waals surface area contributed by atoms with Crippen molar-refractivity contribution in [1.82, 2.24) is 9.55 Å². The lowest BCUT2D eigenvalue weighted by molar-refractivity contribution is 1.10. The minimum absolute atomic E-state index is 0.896. The molecule has 25 heavy (non-hydrogen) atoms. The van der Waals surface area contributed by atoms with Gasteiger partial charge in [-0.2, -0.15) is 0 Å². The third-order valence-corrected chi connectivity index (χ3v) is 5.62. The van der Waals surface area contributed by atoms with E-state index in [1.54, 1.807) is 0 Å². The van der Waals surface area contributed by atoms with Crippen LogP contribution in [0.5, 0.6) is 0 Å². The number of nitrogens with zero attached hydrogens (tertiary/aromatic N) is 2. The van der Waals surface area contributed by atoms with Gasteiger partial charge in [0, 0.05) is 29.1 Å². The Bertz CT molecular complexity index is 1060. The van der Waals surface area contributed by atoms with E-state index in [4.69, 9.17) is 4.98 Å². The smallest absolute Gasteiger partial charge is 0.145 e. The van der Waals surface area contributed by atoms with Crippen LogP contribution in [0.25, 0.3) is 28.1 Å². The van der Waals surface area contributed by atoms with Gasteiger partial charge < -0.3 is 0 Å². The topological polar surface area (TPSA) is 17.8 Å². The van der Waals surface area contributed by atoms with Gasteiger partial charge >= 0.3 is 0 Å². The zero-order valence-electron chi connectivity index (χ0n) is 12.7. The molecule has 0 atom stereocenters. The summed E-state index contributed by atoms with van der Waals surface area (Å²) in [6.07, 6.45) is 0. The van der Waals surface area contributed by atoms with Crippen LogP contribution in [0.4, 0.5) is 0 Å². The van der Waals surface area contributed by atoms with E-state index in [0.717, 1.165) is 46.0 Å². The standard InChI is InChI=1S/C19H10Br4N2/c20-12-5-11(6-13(21)7-12)19-24-17-3-1-2-4-18(17)25(19)16-9-14(22)8-15(23)10-16/h1-10H. The Morgan fingerprint density at radius 2 is 1.24 bits per heavy atom. The molecule has 0 saturated carbocycles. The Labute approximate surface area is 178 Å². The van der Waals surface area contributed by atoms with Gasteiger partial charge in [0.15, 0.2) is 0 Å². The first kappa shape index (κ1) is 17.5. The molecule has 0 bridgehead atoms. The highest BCUT2D eigenvalue weighted by Crippen LogP contribution is 2.33. The summed E-state index contributed by atoms with van der Waals surface area (Å²) in [6.45, 7) is 0. The Balaban J connectivity index is 2.08. The van der Waals surface area contributed by atoms with Crippen molar-refractivity contribution in [3.05, 3.63) is 78.6 Å². The fourth-order valence-electron chi connectivity index (χ4n) is 2.83. The van der Waals surface area contributed by atoms with Crippen LogP contribution in [0.2, 0.25) is 0 Å². The monoisotopic (exact) mass is 582 g/mol. The van der Waals surface area contributed by atoms with E-state index in [0.29, 0.717) is 0 Å². The molecule has 0 aliphatic rings. The second-order valence-electron chi connectivity index (χ2n) is 5.55. The molecule has 4 rings (SSSR count). The molecule has 0 fully saturated rings. The zero-order valence-corrected chi connectivity index (χ0v) is 19.0. The Hall–Kier alpha value is -0.950. The van der Waals surface area contributed by atoms with E-state index in [1.807, 2.05) is 30.3 Å². The number of aromatic nitrogens is 2. The second-order valence-corrected chi connectivity index (χ2v) is 9.21. The molecule has 6 heteroatoms. The molecule has 0 saturated heterocycles. The molecular formula is C19H10Br4N2. The third-order valence-electron chi connectivity index (χ3n) is 3.79. The average molecular weight is 586 g/mol. The van der Waals surface area contributed by atoms with Gasteiger partial charge in [-0.25, -0.2) is 4.98 Å². The van der Waals surface area contributed by atoms with Crippen LogP contribution in [-0.2, 0) is 0 Å². The van der Waals surface area contributed by atoms with Crippen LogP contribution in [0.15, 0.2) is 78.6 Å². The SMILES string of the molecule is Brc1cc(Br)cc(-c2nc3ccccc3n2-c2cc(Br)cc(Br)c2)c1. The minimum atomic E-state index is 0.896. The van der Waals surface area contributed by atoms with Crippen molar-refractivity contribution in [1.29, 1.82) is 0 Å². The minimum Gasteiger partial charge on any atom is -0.292 e. The number of para-hydroxylation sites is 2. The molecule has 0 amide bonds. The van der Waals surface area contributed by atoms with Crippen LogP contribution in [0, 0.1) is 0 Å². The lowest BCUT2D eigenvalue weighted by Crippen LogP contribution is -1.98. The van der Waals surface area contributed by atoms with Gasteiger partial charge in [0.1, 0.15) is 5.82 Å². The van der Waals surface area contributed by atoms with Gasteiger partial charge in [0.25, 0.3) is 0 Å². The van der Waals surface area contributed by atoms with E-state index in [9.17, 15) is 0 Å². The molecule has 4 aromatic rings. The van der Waals surface area contributed by atoms with E-state index in [-0.39, 0.29) is 0 Å². The van der Waals surface area contributed by atoms with Gasteiger partial charge in [0.05, 0.1) is 11.0 Å². The lowest BCUT2D eigenvalue weighted by Gasteiger charge is -2.11. The Morgan fingerprint density at radius 1 is 0.680 bits per heavy atom. The zero-order chi connectivity index (χ0) is 17.6. The van der Waals surface area contributed by atoms with Crippen LogP contribution in [0.3, 0.4) is 0 Å². The Kier molecular flexibility index (Phi) is 4.88. The van der Waals surface area contributed by atoms with E-state index in [2.05, 4.69) is 98.6 Å². The van der Waals surface area contributed by atoms with Gasteiger partial charge in [-0.1, -0.05) is 75.9 Å². The second kappa shape index (κ2) is 6.99. The first-order valence-corrected chi connectivity index (χ1v) is 10.6. The maximum atomic E-state index is 4.89. The van der Waals surface area contributed by atoms with Crippen LogP contribution < -0.4 is 0 Å². The molecule has 2 nitrogen and oxygen atoms in total. The van der Waals surface area contributed by atoms with Crippen molar-refractivity contribution in [2.24, 2.45) is 0 Å². The maximum Gasteiger partial charge on any atom is 0.145 e. The summed E-state index contributed by atoms with van der Waals surface area (Å²) >= 11 is 14.3. The number of hydrogen-bond acceptors (Lipinski definition) is 1. The highest BCUT2D eigenvalue weighted by atomic mass is 79.9. The molecule has 0 radical (unpaired) electrons. The van der Waals surface area contributed by atoms with Gasteiger partial charge in [-0.3, -0.25) is 4.57 Å². The summed E-state index contributed by atoms with van der Waals surface area (Å²) in [7, 11) is 0. The molecule has 124 valence electrons. The van der Waals surface area contributed by atoms with Crippen LogP contribution in [0.1, 0.15) is 0 Å². The van der Waals surface area contributed by atoms with Crippen molar-refractivity contribution >= 4 is 74.8 Å². The van der Waals surface area contributed by atoms with Crippen molar-refractivity contribution < 1.29 is 0 Å². The lowest BCUT2D eigenvalue weighted by atomic mass is 10.2. The van der Waals surface area contributed by atoms with E-state index < -0.39 is 0 Å². The van der Waals surface area contributed by atoms with Crippen LogP contribution >= 0.6 is 63.7 Å². The number of imidazole rings is 1. The molecular weight excluding hydrogens is 576 g/mol. The maximum absolute atomic E-state index is 4.89. The molecule has 0 unspecified atom stereocenters. The van der Waals surface area contributed by atoms with Gasteiger partial charge in [-0.05, 0) is 48.5 Å². The molecule has 0 spiro atoms. The predicted molar refractivity (Wildman–Crippen MR) is 117 cm³/mol. The normalized spacial score (nSPS) is 11.2. The largest absolute Gasteiger partial charge is 0.292 e. The Morgan fingerprint density at radius 3 is 1.88 bits per heavy atom. The van der Waals surface area contributed by atoms with Crippen molar-refractivity contribution in [3.8, 4) is 17.1 Å². The van der Waals surface area contributed by atoms with Gasteiger partial charge in [0.2, 0.25) is 0 Å². The summed E-state index contributed by atoms with van der Waals surface area (Å²) < 4.78 is 6.21. The van der Waals surface area contributed by atoms with Crippen LogP contribution in [-0.4, -0.2) is 9.55 Å². The van der Waals surface area contributed by atoms with Crippen molar-refractivity contribution in [2.75, 3.05) is 0 Å². The fraction of sp³-hybridized carbons (Fsp3) is 0. The van der Waals surface area contributed by atoms with Crippen molar-refractivity contribution in [2.45, 2.75) is 0 Å². The first-order valence-electron chi connectivity index (χ1n) is 7.42. The van der Waals surface area contributed by atoms with Crippen molar-refractivity contribution in [3.63, 3.8) is 0 Å². The third kappa shape index (κ3) is 3.50. The summed E-state index contributed by atoms with van der Waals surface area (Å²) in [5.74, 6) is 0.896. The predicted octanol–water partition coefficient (Wildman–Crippen LogP) is 7.74. The summed E-state index contributed by atoms with van der Waals surface area (Å²) in [6, 6.07) is 20.6. The van der Waals surface area contributed by atoms with E-state index in [1.165, 1.54) is 0 Å². The summed E-state index contributed by atoms with van der Waals surface area (Å²) in [5.41, 5.74) is 4.11. The fourth-order valence-corrected chi connectivity index (χ4v) is 5.40. The molecule has 0 N–H and O–H groups in total. The first-order chi connectivity index (χ1) is 12.0.